The Labute approximate surface area is 123 Å². The highest BCUT2D eigenvalue weighted by molar-refractivity contribution is 5.98. The van der Waals surface area contributed by atoms with Crippen LogP contribution in [-0.4, -0.2) is 25.4 Å². The maximum atomic E-state index is 9.77. The van der Waals surface area contributed by atoms with Gasteiger partial charge in [-0.05, 0) is 24.3 Å². The van der Waals surface area contributed by atoms with Crippen molar-refractivity contribution in [2.45, 2.75) is 0 Å². The van der Waals surface area contributed by atoms with Gasteiger partial charge in [0.1, 0.15) is 17.0 Å². The summed E-state index contributed by atoms with van der Waals surface area (Å²) in [5.74, 6) is 0.730. The van der Waals surface area contributed by atoms with Gasteiger partial charge in [0, 0.05) is 31.3 Å². The Hall–Kier alpha value is -2.75. The smallest absolute Gasteiger partial charge is 0.243 e. The number of hydrogen-bond donors (Lipinski definition) is 1. The lowest BCUT2D eigenvalue weighted by molar-refractivity contribution is 0.474. The van der Waals surface area contributed by atoms with E-state index >= 15 is 0 Å². The number of hydrogen-bond acceptors (Lipinski definition) is 4. The molecular weight excluding hydrogens is 264 g/mol. The molecule has 0 fully saturated rings. The molecule has 2 aromatic carbocycles. The number of nitrogens with zero attached hydrogens (tertiary/aromatic N) is 2. The number of anilines is 1. The van der Waals surface area contributed by atoms with Crippen LogP contribution in [0.3, 0.4) is 0 Å². The molecule has 0 saturated carbocycles. The number of fused-ring (bicyclic) bond motifs is 1. The summed E-state index contributed by atoms with van der Waals surface area (Å²) in [5, 5.41) is 10.8. The van der Waals surface area contributed by atoms with Gasteiger partial charge >= 0.3 is 0 Å². The Morgan fingerprint density at radius 3 is 2.52 bits per heavy atom. The number of furan rings is 1. The highest BCUT2D eigenvalue weighted by Crippen LogP contribution is 2.38. The van der Waals surface area contributed by atoms with E-state index in [9.17, 15) is 5.11 Å². The molecule has 4 nitrogen and oxygen atoms in total. The zero-order chi connectivity index (χ0) is 14.8. The monoisotopic (exact) mass is 280 g/mol. The van der Waals surface area contributed by atoms with Gasteiger partial charge in [-0.25, -0.2) is 4.99 Å². The van der Waals surface area contributed by atoms with E-state index in [1.165, 1.54) is 0 Å². The molecule has 1 aromatic heterocycles. The van der Waals surface area contributed by atoms with Crippen LogP contribution in [0.1, 0.15) is 5.56 Å². The fourth-order valence-electron chi connectivity index (χ4n) is 2.26. The molecule has 106 valence electrons. The van der Waals surface area contributed by atoms with Gasteiger partial charge in [-0.2, -0.15) is 0 Å². The highest BCUT2D eigenvalue weighted by atomic mass is 16.3. The second kappa shape index (κ2) is 5.32. The first kappa shape index (κ1) is 13.2. The van der Waals surface area contributed by atoms with Crippen LogP contribution in [0.4, 0.5) is 11.6 Å². The minimum Gasteiger partial charge on any atom is -0.507 e. The molecule has 0 atom stereocenters. The van der Waals surface area contributed by atoms with E-state index in [1.807, 2.05) is 49.3 Å². The van der Waals surface area contributed by atoms with E-state index in [-0.39, 0.29) is 5.75 Å². The van der Waals surface area contributed by atoms with E-state index in [0.29, 0.717) is 11.4 Å². The maximum Gasteiger partial charge on any atom is 0.243 e. The summed E-state index contributed by atoms with van der Waals surface area (Å²) in [6.07, 6.45) is 1.61. The Bertz CT molecular complexity index is 803. The summed E-state index contributed by atoms with van der Waals surface area (Å²) < 4.78 is 5.80. The minimum absolute atomic E-state index is 0.198. The van der Waals surface area contributed by atoms with E-state index < -0.39 is 0 Å². The average molecular weight is 280 g/mol. The summed E-state index contributed by atoms with van der Waals surface area (Å²) in [6.45, 7) is 0. The first-order valence-electron chi connectivity index (χ1n) is 6.68. The number of para-hydroxylation sites is 2. The minimum atomic E-state index is 0.198. The fourth-order valence-corrected chi connectivity index (χ4v) is 2.26. The van der Waals surface area contributed by atoms with Crippen LogP contribution >= 0.6 is 0 Å². The van der Waals surface area contributed by atoms with Crippen molar-refractivity contribution in [1.29, 1.82) is 0 Å². The number of benzene rings is 2. The largest absolute Gasteiger partial charge is 0.507 e. The van der Waals surface area contributed by atoms with Crippen LogP contribution < -0.4 is 4.90 Å². The SMILES string of the molecule is CN(C)c1c(/N=C/c2ccccc2O)oc2ccccc12. The molecule has 4 heteroatoms. The Morgan fingerprint density at radius 1 is 1.05 bits per heavy atom. The van der Waals surface area contributed by atoms with Gasteiger partial charge in [-0.1, -0.05) is 24.3 Å². The molecule has 1 heterocycles. The number of phenolic OH excluding ortho intramolecular Hbond substituents is 1. The number of phenols is 1. The van der Waals surface area contributed by atoms with Crippen molar-refractivity contribution in [3.05, 3.63) is 54.1 Å². The lowest BCUT2D eigenvalue weighted by Gasteiger charge is -2.10. The third-order valence-corrected chi connectivity index (χ3v) is 3.26. The molecule has 0 amide bonds. The van der Waals surface area contributed by atoms with Gasteiger partial charge < -0.3 is 14.4 Å². The summed E-state index contributed by atoms with van der Waals surface area (Å²) in [5.41, 5.74) is 2.38. The van der Waals surface area contributed by atoms with Crippen molar-refractivity contribution >= 4 is 28.8 Å². The van der Waals surface area contributed by atoms with Crippen LogP contribution in [0.15, 0.2) is 57.9 Å². The third kappa shape index (κ3) is 2.48. The van der Waals surface area contributed by atoms with Crippen molar-refractivity contribution in [1.82, 2.24) is 0 Å². The fraction of sp³-hybridized carbons (Fsp3) is 0.118. The topological polar surface area (TPSA) is 49.0 Å². The molecule has 0 unspecified atom stereocenters. The molecule has 0 aliphatic rings. The molecule has 0 bridgehead atoms. The van der Waals surface area contributed by atoms with Crippen LogP contribution in [0.2, 0.25) is 0 Å². The average Bonchev–Trinajstić information content (AvgIpc) is 2.85. The molecule has 3 aromatic rings. The second-order valence-electron chi connectivity index (χ2n) is 4.96. The van der Waals surface area contributed by atoms with Crippen LogP contribution in [0, 0.1) is 0 Å². The number of aliphatic imine (C=N–C) groups is 1. The van der Waals surface area contributed by atoms with Crippen LogP contribution in [-0.2, 0) is 0 Å². The Morgan fingerprint density at radius 2 is 1.76 bits per heavy atom. The Kier molecular flexibility index (Phi) is 3.36. The molecule has 0 spiro atoms. The van der Waals surface area contributed by atoms with Crippen molar-refractivity contribution < 1.29 is 9.52 Å². The van der Waals surface area contributed by atoms with Crippen molar-refractivity contribution in [3.63, 3.8) is 0 Å². The van der Waals surface area contributed by atoms with Gasteiger partial charge in [0.05, 0.1) is 0 Å². The van der Waals surface area contributed by atoms with E-state index in [0.717, 1.165) is 16.7 Å². The van der Waals surface area contributed by atoms with Gasteiger partial charge in [-0.3, -0.25) is 0 Å². The van der Waals surface area contributed by atoms with Crippen LogP contribution in [0.25, 0.3) is 11.0 Å². The van der Waals surface area contributed by atoms with E-state index in [4.69, 9.17) is 4.42 Å². The van der Waals surface area contributed by atoms with Gasteiger partial charge in [-0.15, -0.1) is 0 Å². The zero-order valence-electron chi connectivity index (χ0n) is 11.9. The molecular formula is C17H16N2O2. The first-order valence-corrected chi connectivity index (χ1v) is 6.68. The summed E-state index contributed by atoms with van der Waals surface area (Å²) in [6, 6.07) is 14.9. The molecule has 0 aliphatic heterocycles. The molecule has 0 radical (unpaired) electrons. The van der Waals surface area contributed by atoms with Crippen LogP contribution in [0.5, 0.6) is 5.75 Å². The quantitative estimate of drug-likeness (QED) is 0.739. The number of aromatic hydroxyl groups is 1. The van der Waals surface area contributed by atoms with Gasteiger partial charge in [0.15, 0.2) is 0 Å². The van der Waals surface area contributed by atoms with E-state index in [2.05, 4.69) is 4.99 Å². The molecule has 0 saturated heterocycles. The summed E-state index contributed by atoms with van der Waals surface area (Å²) >= 11 is 0. The van der Waals surface area contributed by atoms with E-state index in [1.54, 1.807) is 24.4 Å². The summed E-state index contributed by atoms with van der Waals surface area (Å²) in [7, 11) is 3.91. The standard InChI is InChI=1S/C17H16N2O2/c1-19(2)16-13-8-4-6-10-15(13)21-17(16)18-11-12-7-3-5-9-14(12)20/h3-11,20H,1-2H3/b18-11+. The predicted octanol–water partition coefficient (Wildman–Crippen LogP) is 3.96. The van der Waals surface area contributed by atoms with Crippen molar-refractivity contribution in [2.75, 3.05) is 19.0 Å². The first-order chi connectivity index (χ1) is 10.2. The lowest BCUT2D eigenvalue weighted by Crippen LogP contribution is -2.07. The van der Waals surface area contributed by atoms with Gasteiger partial charge in [0.25, 0.3) is 0 Å². The normalized spacial score (nSPS) is 11.3. The second-order valence-corrected chi connectivity index (χ2v) is 4.96. The predicted molar refractivity (Wildman–Crippen MR) is 85.9 cm³/mol. The zero-order valence-corrected chi connectivity index (χ0v) is 11.9. The van der Waals surface area contributed by atoms with Gasteiger partial charge in [0.2, 0.25) is 5.88 Å². The maximum absolute atomic E-state index is 9.77. The molecule has 1 N–H and O–H groups in total. The third-order valence-electron chi connectivity index (χ3n) is 3.26. The lowest BCUT2D eigenvalue weighted by atomic mass is 10.2. The molecule has 0 aliphatic carbocycles. The van der Waals surface area contributed by atoms with Crippen molar-refractivity contribution in [3.8, 4) is 5.75 Å². The summed E-state index contributed by atoms with van der Waals surface area (Å²) in [4.78, 5) is 6.38. The highest BCUT2D eigenvalue weighted by Gasteiger charge is 2.14. The molecule has 21 heavy (non-hydrogen) atoms. The van der Waals surface area contributed by atoms with Crippen molar-refractivity contribution in [2.24, 2.45) is 4.99 Å². The molecule has 3 rings (SSSR count). The Balaban J connectivity index is 2.08. The number of rotatable bonds is 3.